The van der Waals surface area contributed by atoms with Crippen LogP contribution in [-0.2, 0) is 6.54 Å². The molecule has 0 aliphatic rings. The Morgan fingerprint density at radius 3 is 2.95 bits per heavy atom. The molecule has 0 bridgehead atoms. The van der Waals surface area contributed by atoms with Crippen molar-refractivity contribution in [2.24, 2.45) is 0 Å². The molecule has 0 aliphatic heterocycles. The van der Waals surface area contributed by atoms with Gasteiger partial charge >= 0.3 is 0 Å². The van der Waals surface area contributed by atoms with E-state index >= 15 is 0 Å². The Hall–Kier alpha value is -2.69. The number of benzene rings is 1. The number of nitrogens with zero attached hydrogens (tertiary/aromatic N) is 3. The van der Waals surface area contributed by atoms with E-state index in [4.69, 9.17) is 4.74 Å². The SMILES string of the molecule is Cc1ccc2c(=O)n(CC(C)Oc3cccnc3)cnc2c1. The van der Waals surface area contributed by atoms with Crippen LogP contribution in [0.3, 0.4) is 0 Å². The lowest BCUT2D eigenvalue weighted by Gasteiger charge is -2.15. The summed E-state index contributed by atoms with van der Waals surface area (Å²) in [6.07, 6.45) is 4.76. The molecule has 1 unspecified atom stereocenters. The van der Waals surface area contributed by atoms with Crippen molar-refractivity contribution < 1.29 is 4.74 Å². The fourth-order valence-corrected chi connectivity index (χ4v) is 2.36. The molecule has 0 radical (unpaired) electrons. The third kappa shape index (κ3) is 2.98. The predicted molar refractivity (Wildman–Crippen MR) is 85.1 cm³/mol. The summed E-state index contributed by atoms with van der Waals surface area (Å²) in [6.45, 7) is 4.33. The molecule has 0 saturated carbocycles. The molecule has 22 heavy (non-hydrogen) atoms. The molecule has 5 heteroatoms. The fourth-order valence-electron chi connectivity index (χ4n) is 2.36. The fraction of sp³-hybridized carbons (Fsp3) is 0.235. The van der Waals surface area contributed by atoms with Gasteiger partial charge in [-0.15, -0.1) is 0 Å². The molecule has 3 aromatic rings. The minimum Gasteiger partial charge on any atom is -0.487 e. The third-order valence-electron chi connectivity index (χ3n) is 3.41. The van der Waals surface area contributed by atoms with Gasteiger partial charge in [0.2, 0.25) is 0 Å². The third-order valence-corrected chi connectivity index (χ3v) is 3.41. The van der Waals surface area contributed by atoms with Gasteiger partial charge in [0.05, 0.1) is 30.0 Å². The highest BCUT2D eigenvalue weighted by molar-refractivity contribution is 5.77. The Labute approximate surface area is 128 Å². The first kappa shape index (κ1) is 14.3. The highest BCUT2D eigenvalue weighted by Gasteiger charge is 2.09. The average molecular weight is 295 g/mol. The van der Waals surface area contributed by atoms with Crippen LogP contribution in [0.5, 0.6) is 5.75 Å². The topological polar surface area (TPSA) is 57.0 Å². The van der Waals surface area contributed by atoms with E-state index in [-0.39, 0.29) is 11.7 Å². The van der Waals surface area contributed by atoms with Gasteiger partial charge in [0.1, 0.15) is 11.9 Å². The summed E-state index contributed by atoms with van der Waals surface area (Å²) in [5.74, 6) is 0.687. The van der Waals surface area contributed by atoms with Crippen molar-refractivity contribution in [3.8, 4) is 5.75 Å². The average Bonchev–Trinajstić information content (AvgIpc) is 2.51. The van der Waals surface area contributed by atoms with E-state index in [9.17, 15) is 4.79 Å². The normalized spacial score (nSPS) is 12.3. The van der Waals surface area contributed by atoms with Gasteiger partial charge in [-0.25, -0.2) is 4.98 Å². The van der Waals surface area contributed by atoms with Crippen LogP contribution in [0.4, 0.5) is 0 Å². The zero-order chi connectivity index (χ0) is 15.5. The Kier molecular flexibility index (Phi) is 3.87. The molecule has 2 aromatic heterocycles. The molecule has 112 valence electrons. The predicted octanol–water partition coefficient (Wildman–Crippen LogP) is 2.57. The number of aryl methyl sites for hydroxylation is 1. The molecule has 0 aliphatic carbocycles. The zero-order valence-corrected chi connectivity index (χ0v) is 12.6. The molecular formula is C17H17N3O2. The van der Waals surface area contributed by atoms with E-state index < -0.39 is 0 Å². The lowest BCUT2D eigenvalue weighted by Crippen LogP contribution is -2.28. The Balaban J connectivity index is 1.83. The maximum atomic E-state index is 12.5. The summed E-state index contributed by atoms with van der Waals surface area (Å²) in [7, 11) is 0. The number of aromatic nitrogens is 3. The summed E-state index contributed by atoms with van der Waals surface area (Å²) in [6, 6.07) is 9.31. The van der Waals surface area contributed by atoms with Crippen molar-refractivity contribution in [1.29, 1.82) is 0 Å². The summed E-state index contributed by atoms with van der Waals surface area (Å²) in [4.78, 5) is 20.8. The van der Waals surface area contributed by atoms with Crippen LogP contribution < -0.4 is 10.3 Å². The van der Waals surface area contributed by atoms with Crippen molar-refractivity contribution in [2.75, 3.05) is 0 Å². The second-order valence-electron chi connectivity index (χ2n) is 5.34. The van der Waals surface area contributed by atoms with Gasteiger partial charge < -0.3 is 4.74 Å². The summed E-state index contributed by atoms with van der Waals surface area (Å²) in [5.41, 5.74) is 1.76. The first-order chi connectivity index (χ1) is 10.6. The molecule has 0 fully saturated rings. The van der Waals surface area contributed by atoms with Gasteiger partial charge in [-0.2, -0.15) is 0 Å². The summed E-state index contributed by atoms with van der Waals surface area (Å²) >= 11 is 0. The molecule has 0 spiro atoms. The van der Waals surface area contributed by atoms with Crippen molar-refractivity contribution in [1.82, 2.24) is 14.5 Å². The van der Waals surface area contributed by atoms with E-state index in [1.54, 1.807) is 23.3 Å². The monoisotopic (exact) mass is 295 g/mol. The minimum absolute atomic E-state index is 0.0494. The standard InChI is InChI=1S/C17H17N3O2/c1-12-5-6-15-16(8-12)19-11-20(17(15)21)10-13(2)22-14-4-3-7-18-9-14/h3-9,11,13H,10H2,1-2H3. The van der Waals surface area contributed by atoms with E-state index in [2.05, 4.69) is 9.97 Å². The van der Waals surface area contributed by atoms with E-state index in [1.807, 2.05) is 44.2 Å². The molecular weight excluding hydrogens is 278 g/mol. The lowest BCUT2D eigenvalue weighted by atomic mass is 10.2. The number of hydrogen-bond acceptors (Lipinski definition) is 4. The highest BCUT2D eigenvalue weighted by atomic mass is 16.5. The maximum Gasteiger partial charge on any atom is 0.261 e. The zero-order valence-electron chi connectivity index (χ0n) is 12.6. The summed E-state index contributed by atoms with van der Waals surface area (Å²) < 4.78 is 7.34. The molecule has 1 aromatic carbocycles. The van der Waals surface area contributed by atoms with Gasteiger partial charge in [0.15, 0.2) is 0 Å². The van der Waals surface area contributed by atoms with Crippen LogP contribution in [0, 0.1) is 6.92 Å². The molecule has 3 rings (SSSR count). The van der Waals surface area contributed by atoms with Crippen LogP contribution in [0.15, 0.2) is 53.8 Å². The second-order valence-corrected chi connectivity index (χ2v) is 5.34. The van der Waals surface area contributed by atoms with Gasteiger partial charge in [0, 0.05) is 6.20 Å². The van der Waals surface area contributed by atoms with Crippen LogP contribution in [0.25, 0.3) is 10.9 Å². The first-order valence-corrected chi connectivity index (χ1v) is 7.16. The number of ether oxygens (including phenoxy) is 1. The molecule has 2 heterocycles. The van der Waals surface area contributed by atoms with Gasteiger partial charge in [0.25, 0.3) is 5.56 Å². The van der Waals surface area contributed by atoms with Gasteiger partial charge in [-0.3, -0.25) is 14.3 Å². The Morgan fingerprint density at radius 1 is 1.32 bits per heavy atom. The molecule has 5 nitrogen and oxygen atoms in total. The minimum atomic E-state index is -0.161. The van der Waals surface area contributed by atoms with E-state index in [1.165, 1.54) is 0 Å². The molecule has 1 atom stereocenters. The van der Waals surface area contributed by atoms with Crippen molar-refractivity contribution in [3.63, 3.8) is 0 Å². The summed E-state index contributed by atoms with van der Waals surface area (Å²) in [5, 5.41) is 0.627. The number of fused-ring (bicyclic) bond motifs is 1. The van der Waals surface area contributed by atoms with Gasteiger partial charge in [-0.1, -0.05) is 6.07 Å². The van der Waals surface area contributed by atoms with E-state index in [0.29, 0.717) is 17.7 Å². The van der Waals surface area contributed by atoms with Crippen LogP contribution in [0.1, 0.15) is 12.5 Å². The largest absolute Gasteiger partial charge is 0.487 e. The quantitative estimate of drug-likeness (QED) is 0.742. The van der Waals surface area contributed by atoms with Crippen molar-refractivity contribution >= 4 is 10.9 Å². The van der Waals surface area contributed by atoms with Crippen molar-refractivity contribution in [2.45, 2.75) is 26.5 Å². The number of rotatable bonds is 4. The molecule has 0 amide bonds. The first-order valence-electron chi connectivity index (χ1n) is 7.16. The maximum absolute atomic E-state index is 12.5. The molecule has 0 N–H and O–H groups in total. The lowest BCUT2D eigenvalue weighted by molar-refractivity contribution is 0.197. The Bertz CT molecular complexity index is 843. The van der Waals surface area contributed by atoms with E-state index in [0.717, 1.165) is 11.1 Å². The Morgan fingerprint density at radius 2 is 2.18 bits per heavy atom. The second kappa shape index (κ2) is 5.97. The number of pyridine rings is 1. The van der Waals surface area contributed by atoms with Crippen LogP contribution >= 0.6 is 0 Å². The molecule has 0 saturated heterocycles. The highest BCUT2D eigenvalue weighted by Crippen LogP contribution is 2.11. The number of hydrogen-bond donors (Lipinski definition) is 0. The van der Waals surface area contributed by atoms with Crippen molar-refractivity contribution in [3.05, 3.63) is 65.0 Å². The van der Waals surface area contributed by atoms with Gasteiger partial charge in [-0.05, 0) is 43.7 Å². The smallest absolute Gasteiger partial charge is 0.261 e. The van der Waals surface area contributed by atoms with Crippen LogP contribution in [-0.4, -0.2) is 20.6 Å². The van der Waals surface area contributed by atoms with Crippen LogP contribution in [0.2, 0.25) is 0 Å².